The molecule has 0 fully saturated rings. The number of halogens is 4. The van der Waals surface area contributed by atoms with Crippen molar-refractivity contribution in [1.29, 1.82) is 0 Å². The van der Waals surface area contributed by atoms with E-state index in [2.05, 4.69) is 15.9 Å². The molecular weight excluding hydrogens is 263 g/mol. The molecule has 1 unspecified atom stereocenters. The summed E-state index contributed by atoms with van der Waals surface area (Å²) in [7, 11) is 0. The number of aliphatic hydroxyl groups is 1. The molecule has 2 nitrogen and oxygen atoms in total. The minimum atomic E-state index is -4.22. The highest BCUT2D eigenvalue weighted by atomic mass is 79.9. The Kier molecular flexibility index (Phi) is 6.72. The highest BCUT2D eigenvalue weighted by Crippen LogP contribution is 2.26. The van der Waals surface area contributed by atoms with Gasteiger partial charge >= 0.3 is 6.18 Å². The minimum Gasteiger partial charge on any atom is -0.395 e. The predicted octanol–water partition coefficient (Wildman–Crippen LogP) is 2.02. The van der Waals surface area contributed by atoms with Crippen molar-refractivity contribution in [2.45, 2.75) is 24.3 Å². The summed E-state index contributed by atoms with van der Waals surface area (Å²) >= 11 is 2.59. The molecular formula is C8H15BrF3NO. The van der Waals surface area contributed by atoms with Crippen molar-refractivity contribution in [3.8, 4) is 0 Å². The first-order valence-corrected chi connectivity index (χ1v) is 5.37. The van der Waals surface area contributed by atoms with Crippen molar-refractivity contribution in [3.05, 3.63) is 0 Å². The molecule has 86 valence electrons. The van der Waals surface area contributed by atoms with Crippen LogP contribution < -0.4 is 0 Å². The largest absolute Gasteiger partial charge is 0.402 e. The first kappa shape index (κ1) is 14.2. The zero-order valence-corrected chi connectivity index (χ0v) is 9.61. The molecule has 1 N–H and O–H groups in total. The Hall–Kier alpha value is 0.190. The topological polar surface area (TPSA) is 23.5 Å². The average molecular weight is 278 g/mol. The van der Waals surface area contributed by atoms with Gasteiger partial charge in [-0.3, -0.25) is 4.90 Å². The molecule has 0 amide bonds. The molecule has 0 bridgehead atoms. The smallest absolute Gasteiger partial charge is 0.395 e. The van der Waals surface area contributed by atoms with Gasteiger partial charge < -0.3 is 5.11 Å². The van der Waals surface area contributed by atoms with Gasteiger partial charge in [-0.1, -0.05) is 22.9 Å². The van der Waals surface area contributed by atoms with Crippen LogP contribution in [0.15, 0.2) is 0 Å². The van der Waals surface area contributed by atoms with Crippen LogP contribution in [0.3, 0.4) is 0 Å². The Balaban J connectivity index is 4.01. The molecule has 0 saturated heterocycles. The highest BCUT2D eigenvalue weighted by molar-refractivity contribution is 9.09. The maximum absolute atomic E-state index is 12.2. The van der Waals surface area contributed by atoms with Crippen LogP contribution in [0.2, 0.25) is 0 Å². The van der Waals surface area contributed by atoms with Crippen LogP contribution in [0.1, 0.15) is 13.3 Å². The molecule has 0 aromatic rings. The van der Waals surface area contributed by atoms with E-state index in [9.17, 15) is 13.2 Å². The Morgan fingerprint density at radius 1 is 1.36 bits per heavy atom. The minimum absolute atomic E-state index is 0.113. The Bertz CT molecular complexity index is 148. The van der Waals surface area contributed by atoms with Crippen molar-refractivity contribution < 1.29 is 18.3 Å². The van der Waals surface area contributed by atoms with Crippen molar-refractivity contribution in [1.82, 2.24) is 4.90 Å². The van der Waals surface area contributed by atoms with Crippen LogP contribution in [0.5, 0.6) is 0 Å². The lowest BCUT2D eigenvalue weighted by atomic mass is 10.3. The van der Waals surface area contributed by atoms with E-state index in [1.165, 1.54) is 0 Å². The van der Waals surface area contributed by atoms with Gasteiger partial charge in [-0.15, -0.1) is 0 Å². The Morgan fingerprint density at radius 2 is 1.93 bits per heavy atom. The van der Waals surface area contributed by atoms with Gasteiger partial charge in [0.15, 0.2) is 0 Å². The number of hydrogen-bond donors (Lipinski definition) is 1. The van der Waals surface area contributed by atoms with Gasteiger partial charge in [0.1, 0.15) is 4.83 Å². The third-order valence-electron chi connectivity index (χ3n) is 1.73. The lowest BCUT2D eigenvalue weighted by Crippen LogP contribution is -2.39. The molecule has 0 aliphatic rings. The SMILES string of the molecule is CCCN(CCO)CC(Br)C(F)(F)F. The molecule has 6 heteroatoms. The molecule has 1 atom stereocenters. The second-order valence-corrected chi connectivity index (χ2v) is 4.14. The van der Waals surface area contributed by atoms with E-state index in [-0.39, 0.29) is 19.7 Å². The number of alkyl halides is 4. The predicted molar refractivity (Wildman–Crippen MR) is 52.6 cm³/mol. The van der Waals surface area contributed by atoms with Crippen molar-refractivity contribution >= 4 is 15.9 Å². The Labute approximate surface area is 90.2 Å². The maximum Gasteiger partial charge on any atom is 0.402 e. The number of rotatable bonds is 6. The normalized spacial score (nSPS) is 14.8. The second-order valence-electron chi connectivity index (χ2n) is 3.03. The Morgan fingerprint density at radius 3 is 2.29 bits per heavy atom. The van der Waals surface area contributed by atoms with Gasteiger partial charge in [0, 0.05) is 13.1 Å². The third-order valence-corrected chi connectivity index (χ3v) is 2.54. The molecule has 0 rings (SSSR count). The van der Waals surface area contributed by atoms with E-state index in [0.717, 1.165) is 6.42 Å². The average Bonchev–Trinajstić information content (AvgIpc) is 2.03. The second kappa shape index (κ2) is 6.63. The summed E-state index contributed by atoms with van der Waals surface area (Å²) in [6.45, 7) is 2.52. The summed E-state index contributed by atoms with van der Waals surface area (Å²) in [5.41, 5.74) is 0. The quantitative estimate of drug-likeness (QED) is 0.751. The molecule has 0 aliphatic heterocycles. The zero-order valence-electron chi connectivity index (χ0n) is 8.02. The first-order valence-electron chi connectivity index (χ1n) is 4.45. The molecule has 14 heavy (non-hydrogen) atoms. The summed E-state index contributed by atoms with van der Waals surface area (Å²) in [5.74, 6) is 0. The molecule has 0 radical (unpaired) electrons. The van der Waals surface area contributed by atoms with Gasteiger partial charge in [0.2, 0.25) is 0 Å². The fourth-order valence-corrected chi connectivity index (χ4v) is 1.49. The van der Waals surface area contributed by atoms with Gasteiger partial charge in [-0.2, -0.15) is 13.2 Å². The van der Waals surface area contributed by atoms with E-state index >= 15 is 0 Å². The zero-order chi connectivity index (χ0) is 11.2. The van der Waals surface area contributed by atoms with Crippen molar-refractivity contribution in [3.63, 3.8) is 0 Å². The van der Waals surface area contributed by atoms with Gasteiger partial charge in [-0.05, 0) is 13.0 Å². The molecule has 0 heterocycles. The van der Waals surface area contributed by atoms with E-state index in [0.29, 0.717) is 6.54 Å². The lowest BCUT2D eigenvalue weighted by molar-refractivity contribution is -0.130. The van der Waals surface area contributed by atoms with Crippen molar-refractivity contribution in [2.24, 2.45) is 0 Å². The van der Waals surface area contributed by atoms with Crippen LogP contribution in [0.4, 0.5) is 13.2 Å². The fourth-order valence-electron chi connectivity index (χ4n) is 1.08. The van der Waals surface area contributed by atoms with E-state index in [1.807, 2.05) is 6.92 Å². The van der Waals surface area contributed by atoms with E-state index in [4.69, 9.17) is 5.11 Å². The summed E-state index contributed by atoms with van der Waals surface area (Å²) in [6, 6.07) is 0. The van der Waals surface area contributed by atoms with Crippen LogP contribution in [-0.2, 0) is 0 Å². The number of aliphatic hydroxyl groups excluding tert-OH is 1. The summed E-state index contributed by atoms with van der Waals surface area (Å²) < 4.78 is 36.5. The summed E-state index contributed by atoms with van der Waals surface area (Å²) in [6.07, 6.45) is -3.45. The maximum atomic E-state index is 12.2. The lowest BCUT2D eigenvalue weighted by Gasteiger charge is -2.24. The monoisotopic (exact) mass is 277 g/mol. The van der Waals surface area contributed by atoms with Crippen LogP contribution >= 0.6 is 15.9 Å². The van der Waals surface area contributed by atoms with Crippen LogP contribution in [0.25, 0.3) is 0 Å². The molecule has 0 aliphatic carbocycles. The number of nitrogens with zero attached hydrogens (tertiary/aromatic N) is 1. The molecule has 0 saturated carbocycles. The first-order chi connectivity index (χ1) is 6.41. The third kappa shape index (κ3) is 5.82. The van der Waals surface area contributed by atoms with E-state index < -0.39 is 11.0 Å². The van der Waals surface area contributed by atoms with Crippen LogP contribution in [0, 0.1) is 0 Å². The molecule has 0 aromatic heterocycles. The van der Waals surface area contributed by atoms with E-state index in [1.54, 1.807) is 4.90 Å². The highest BCUT2D eigenvalue weighted by Gasteiger charge is 2.38. The number of hydrogen-bond acceptors (Lipinski definition) is 2. The standard InChI is InChI=1S/C8H15BrF3NO/c1-2-3-13(4-5-14)6-7(9)8(10,11)12/h7,14H,2-6H2,1H3. The van der Waals surface area contributed by atoms with Gasteiger partial charge in [-0.25, -0.2) is 0 Å². The van der Waals surface area contributed by atoms with Gasteiger partial charge in [0.25, 0.3) is 0 Å². The molecule has 0 aromatic carbocycles. The molecule has 0 spiro atoms. The summed E-state index contributed by atoms with van der Waals surface area (Å²) in [5, 5.41) is 8.64. The fraction of sp³-hybridized carbons (Fsp3) is 1.00. The van der Waals surface area contributed by atoms with Gasteiger partial charge in [0.05, 0.1) is 6.61 Å². The van der Waals surface area contributed by atoms with Crippen molar-refractivity contribution in [2.75, 3.05) is 26.2 Å². The van der Waals surface area contributed by atoms with Crippen LogP contribution in [-0.4, -0.2) is 47.3 Å². The summed E-state index contributed by atoms with van der Waals surface area (Å²) in [4.78, 5) is 0.0699.